The van der Waals surface area contributed by atoms with Gasteiger partial charge in [-0.25, -0.2) is 0 Å². The molecule has 0 heterocycles. The highest BCUT2D eigenvalue weighted by molar-refractivity contribution is 4.90. The summed E-state index contributed by atoms with van der Waals surface area (Å²) >= 11 is 0. The van der Waals surface area contributed by atoms with Crippen LogP contribution in [-0.4, -0.2) is 36.6 Å². The Balaban J connectivity index is 2.74. The van der Waals surface area contributed by atoms with E-state index in [1.165, 1.54) is 38.8 Å². The van der Waals surface area contributed by atoms with Gasteiger partial charge in [0.05, 0.1) is 0 Å². The number of nitrogens with zero attached hydrogens (tertiary/aromatic N) is 1. The van der Waals surface area contributed by atoms with Gasteiger partial charge in [0.2, 0.25) is 0 Å². The first-order chi connectivity index (χ1) is 9.79. The van der Waals surface area contributed by atoms with Crippen molar-refractivity contribution in [1.29, 1.82) is 0 Å². The molecule has 3 atom stereocenters. The maximum Gasteiger partial charge on any atom is 0.0108 e. The molecule has 0 radical (unpaired) electrons. The third kappa shape index (κ3) is 5.90. The molecule has 2 nitrogen and oxygen atoms in total. The molecule has 2 heteroatoms. The Morgan fingerprint density at radius 1 is 1.14 bits per heavy atom. The molecule has 1 aliphatic rings. The normalized spacial score (nSPS) is 27.6. The molecule has 1 N–H and O–H groups in total. The third-order valence-corrected chi connectivity index (χ3v) is 5.38. The van der Waals surface area contributed by atoms with E-state index in [0.717, 1.165) is 24.4 Å². The average Bonchev–Trinajstić information content (AvgIpc) is 2.39. The van der Waals surface area contributed by atoms with Crippen LogP contribution < -0.4 is 5.32 Å². The third-order valence-electron chi connectivity index (χ3n) is 5.38. The Morgan fingerprint density at radius 2 is 1.81 bits per heavy atom. The second kappa shape index (κ2) is 8.53. The van der Waals surface area contributed by atoms with Crippen LogP contribution in [0.2, 0.25) is 0 Å². The molecule has 0 aliphatic heterocycles. The fourth-order valence-corrected chi connectivity index (χ4v) is 3.93. The van der Waals surface area contributed by atoms with Crippen LogP contribution in [-0.2, 0) is 0 Å². The summed E-state index contributed by atoms with van der Waals surface area (Å²) in [5, 5.41) is 3.77. The van der Waals surface area contributed by atoms with Gasteiger partial charge in [0.25, 0.3) is 0 Å². The van der Waals surface area contributed by atoms with Gasteiger partial charge in [-0.2, -0.15) is 0 Å². The molecule has 0 aromatic rings. The molecule has 0 saturated heterocycles. The number of nitrogens with one attached hydrogen (secondary N) is 1. The number of hydrogen-bond donors (Lipinski definition) is 1. The summed E-state index contributed by atoms with van der Waals surface area (Å²) in [4.78, 5) is 2.69. The van der Waals surface area contributed by atoms with Crippen LogP contribution in [0.4, 0.5) is 0 Å². The van der Waals surface area contributed by atoms with Crippen molar-refractivity contribution in [3.63, 3.8) is 0 Å². The van der Waals surface area contributed by atoms with Gasteiger partial charge in [-0.3, -0.25) is 0 Å². The van der Waals surface area contributed by atoms with E-state index in [1.807, 2.05) is 0 Å². The second-order valence-electron chi connectivity index (χ2n) is 8.39. The van der Waals surface area contributed by atoms with Crippen molar-refractivity contribution < 1.29 is 0 Å². The van der Waals surface area contributed by atoms with Crippen LogP contribution >= 0.6 is 0 Å². The van der Waals surface area contributed by atoms with Crippen molar-refractivity contribution in [2.24, 2.45) is 17.3 Å². The van der Waals surface area contributed by atoms with E-state index in [4.69, 9.17) is 0 Å². The van der Waals surface area contributed by atoms with E-state index < -0.39 is 0 Å². The SMILES string of the molecule is CCCN(CC1CC(C(C)(C)C)CCC1NCC)C(C)C. The van der Waals surface area contributed by atoms with Crippen LogP contribution in [0.1, 0.15) is 74.1 Å². The lowest BCUT2D eigenvalue weighted by Crippen LogP contribution is -2.48. The minimum atomic E-state index is 0.461. The fraction of sp³-hybridized carbons (Fsp3) is 1.00. The van der Waals surface area contributed by atoms with Crippen molar-refractivity contribution in [2.75, 3.05) is 19.6 Å². The highest BCUT2D eigenvalue weighted by atomic mass is 15.1. The first-order valence-corrected chi connectivity index (χ1v) is 9.27. The molecule has 0 spiro atoms. The Kier molecular flexibility index (Phi) is 7.70. The van der Waals surface area contributed by atoms with Crippen LogP contribution in [0.25, 0.3) is 0 Å². The zero-order valence-corrected chi connectivity index (χ0v) is 15.7. The summed E-state index contributed by atoms with van der Waals surface area (Å²) in [6, 6.07) is 1.40. The predicted octanol–water partition coefficient (Wildman–Crippen LogP) is 4.55. The van der Waals surface area contributed by atoms with Gasteiger partial charge in [-0.15, -0.1) is 0 Å². The Morgan fingerprint density at radius 3 is 2.29 bits per heavy atom. The Bertz CT molecular complexity index is 280. The summed E-state index contributed by atoms with van der Waals surface area (Å²) in [6.45, 7) is 20.1. The summed E-state index contributed by atoms with van der Waals surface area (Å²) < 4.78 is 0. The molecule has 1 fully saturated rings. The lowest BCUT2D eigenvalue weighted by molar-refractivity contribution is 0.0784. The summed E-state index contributed by atoms with van der Waals surface area (Å²) in [7, 11) is 0. The lowest BCUT2D eigenvalue weighted by Gasteiger charge is -2.44. The average molecular weight is 297 g/mol. The number of rotatable bonds is 7. The molecule has 0 amide bonds. The fourth-order valence-electron chi connectivity index (χ4n) is 3.93. The van der Waals surface area contributed by atoms with Crippen LogP contribution in [0.3, 0.4) is 0 Å². The topological polar surface area (TPSA) is 15.3 Å². The van der Waals surface area contributed by atoms with Crippen LogP contribution in [0.15, 0.2) is 0 Å². The van der Waals surface area contributed by atoms with E-state index in [2.05, 4.69) is 58.7 Å². The predicted molar refractivity (Wildman–Crippen MR) is 94.8 cm³/mol. The molecular formula is C19H40N2. The monoisotopic (exact) mass is 296 g/mol. The standard InChI is InChI=1S/C19H40N2/c1-8-12-21(15(3)4)14-16-13-17(19(5,6)7)10-11-18(16)20-9-2/h15-18,20H,8-14H2,1-7H3. The van der Waals surface area contributed by atoms with E-state index in [0.29, 0.717) is 11.5 Å². The van der Waals surface area contributed by atoms with E-state index in [9.17, 15) is 0 Å². The molecule has 1 aliphatic carbocycles. The minimum Gasteiger partial charge on any atom is -0.314 e. The van der Waals surface area contributed by atoms with Crippen molar-refractivity contribution in [3.8, 4) is 0 Å². The van der Waals surface area contributed by atoms with Crippen molar-refractivity contribution in [2.45, 2.75) is 86.2 Å². The van der Waals surface area contributed by atoms with E-state index in [1.54, 1.807) is 0 Å². The maximum atomic E-state index is 3.77. The van der Waals surface area contributed by atoms with E-state index >= 15 is 0 Å². The zero-order chi connectivity index (χ0) is 16.0. The molecule has 0 bridgehead atoms. The Labute approximate surface area is 134 Å². The molecule has 126 valence electrons. The second-order valence-corrected chi connectivity index (χ2v) is 8.39. The molecule has 1 rings (SSSR count). The highest BCUT2D eigenvalue weighted by Gasteiger charge is 2.36. The Hall–Kier alpha value is -0.0800. The summed E-state index contributed by atoms with van der Waals surface area (Å²) in [6.07, 6.45) is 5.42. The zero-order valence-electron chi connectivity index (χ0n) is 15.7. The van der Waals surface area contributed by atoms with Gasteiger partial charge in [0, 0.05) is 18.6 Å². The lowest BCUT2D eigenvalue weighted by atomic mass is 9.67. The van der Waals surface area contributed by atoms with Crippen molar-refractivity contribution in [3.05, 3.63) is 0 Å². The quantitative estimate of drug-likeness (QED) is 0.741. The number of hydrogen-bond acceptors (Lipinski definition) is 2. The minimum absolute atomic E-state index is 0.461. The maximum absolute atomic E-state index is 3.77. The molecule has 0 aromatic heterocycles. The van der Waals surface area contributed by atoms with Crippen molar-refractivity contribution >= 4 is 0 Å². The largest absolute Gasteiger partial charge is 0.314 e. The summed E-state index contributed by atoms with van der Waals surface area (Å²) in [5.41, 5.74) is 0.461. The highest BCUT2D eigenvalue weighted by Crippen LogP contribution is 2.40. The first-order valence-electron chi connectivity index (χ1n) is 9.27. The van der Waals surface area contributed by atoms with Gasteiger partial charge in [-0.1, -0.05) is 34.6 Å². The molecular weight excluding hydrogens is 256 g/mol. The smallest absolute Gasteiger partial charge is 0.0108 e. The van der Waals surface area contributed by atoms with Gasteiger partial charge in [0.15, 0.2) is 0 Å². The molecule has 21 heavy (non-hydrogen) atoms. The van der Waals surface area contributed by atoms with Crippen molar-refractivity contribution in [1.82, 2.24) is 10.2 Å². The van der Waals surface area contributed by atoms with Gasteiger partial charge < -0.3 is 10.2 Å². The van der Waals surface area contributed by atoms with Crippen LogP contribution in [0.5, 0.6) is 0 Å². The summed E-state index contributed by atoms with van der Waals surface area (Å²) in [5.74, 6) is 1.70. The van der Waals surface area contributed by atoms with E-state index in [-0.39, 0.29) is 0 Å². The van der Waals surface area contributed by atoms with Gasteiger partial charge >= 0.3 is 0 Å². The molecule has 3 unspecified atom stereocenters. The van der Waals surface area contributed by atoms with Crippen LogP contribution in [0, 0.1) is 17.3 Å². The van der Waals surface area contributed by atoms with Gasteiger partial charge in [-0.05, 0) is 69.9 Å². The molecule has 0 aromatic carbocycles. The molecule has 1 saturated carbocycles. The first kappa shape index (κ1) is 19.0. The van der Waals surface area contributed by atoms with Gasteiger partial charge in [0.1, 0.15) is 0 Å².